The number of nitrogens with two attached hydrogens (primary N) is 1. The number of rotatable bonds is 1. The Bertz CT molecular complexity index is 248. The number of alkyl halides is 2. The second-order valence-corrected chi connectivity index (χ2v) is 4.54. The Hall–Kier alpha value is 0.170. The van der Waals surface area contributed by atoms with Crippen LogP contribution < -0.4 is 5.73 Å². The van der Waals surface area contributed by atoms with Crippen molar-refractivity contribution in [3.8, 4) is 0 Å². The molecule has 2 saturated heterocycles. The average Bonchev–Trinajstić information content (AvgIpc) is 2.55. The van der Waals surface area contributed by atoms with Crippen LogP contribution in [0.4, 0.5) is 0 Å². The van der Waals surface area contributed by atoms with Crippen LogP contribution in [0, 0.1) is 0 Å². The summed E-state index contributed by atoms with van der Waals surface area (Å²) in [6, 6.07) is 0. The van der Waals surface area contributed by atoms with E-state index >= 15 is 0 Å². The molecule has 2 fully saturated rings. The highest BCUT2D eigenvalue weighted by atomic mass is 35.5. The van der Waals surface area contributed by atoms with Crippen molar-refractivity contribution >= 4 is 29.0 Å². The van der Waals surface area contributed by atoms with E-state index < -0.39 is 16.4 Å². The van der Waals surface area contributed by atoms with Gasteiger partial charge < -0.3 is 10.5 Å². The molecule has 2 rings (SSSR count). The number of fused-ring (bicyclic) bond motifs is 2. The molecule has 0 unspecified atom stereocenters. The lowest BCUT2D eigenvalue weighted by atomic mass is 9.93. The van der Waals surface area contributed by atoms with Gasteiger partial charge in [0.15, 0.2) is 5.78 Å². The molecule has 0 aromatic heterocycles. The summed E-state index contributed by atoms with van der Waals surface area (Å²) >= 11 is 11.8. The van der Waals surface area contributed by atoms with Crippen LogP contribution in [-0.2, 0) is 9.53 Å². The predicted molar refractivity (Wildman–Crippen MR) is 50.2 cm³/mol. The first-order chi connectivity index (χ1) is 6.10. The Labute approximate surface area is 86.5 Å². The summed E-state index contributed by atoms with van der Waals surface area (Å²) in [6.45, 7) is 0.285. The molecule has 0 radical (unpaired) electrons. The van der Waals surface area contributed by atoms with E-state index in [-0.39, 0.29) is 18.4 Å². The fourth-order valence-corrected chi connectivity index (χ4v) is 2.79. The highest BCUT2D eigenvalue weighted by Crippen LogP contribution is 2.43. The van der Waals surface area contributed by atoms with Crippen molar-refractivity contribution in [1.29, 1.82) is 0 Å². The Morgan fingerprint density at radius 2 is 2.31 bits per heavy atom. The molecule has 2 N–H and O–H groups in total. The zero-order valence-corrected chi connectivity index (χ0v) is 8.52. The molecule has 0 spiro atoms. The Morgan fingerprint density at radius 1 is 1.62 bits per heavy atom. The van der Waals surface area contributed by atoms with Gasteiger partial charge in [0.2, 0.25) is 0 Å². The number of ether oxygens (including phenoxy) is 1. The minimum atomic E-state index is -0.682. The van der Waals surface area contributed by atoms with Crippen LogP contribution in [0.1, 0.15) is 12.8 Å². The van der Waals surface area contributed by atoms with E-state index in [1.165, 1.54) is 0 Å². The molecule has 0 aromatic carbocycles. The topological polar surface area (TPSA) is 52.3 Å². The highest BCUT2D eigenvalue weighted by molar-refractivity contribution is 6.41. The summed E-state index contributed by atoms with van der Waals surface area (Å²) in [5.74, 6) is -0.137. The van der Waals surface area contributed by atoms with Gasteiger partial charge in [-0.1, -0.05) is 0 Å². The van der Waals surface area contributed by atoms with E-state index in [4.69, 9.17) is 33.7 Å². The number of carbonyl (C=O) groups excluding carboxylic acids is 1. The Morgan fingerprint density at radius 3 is 2.92 bits per heavy atom. The maximum atomic E-state index is 11.6. The fraction of sp³-hybridized carbons (Fsp3) is 0.875. The second-order valence-electron chi connectivity index (χ2n) is 3.63. The first kappa shape index (κ1) is 9.71. The summed E-state index contributed by atoms with van der Waals surface area (Å²) < 4.78 is 5.62. The van der Waals surface area contributed by atoms with Gasteiger partial charge in [-0.25, -0.2) is 0 Å². The van der Waals surface area contributed by atoms with Crippen LogP contribution in [0.2, 0.25) is 0 Å². The van der Waals surface area contributed by atoms with Crippen LogP contribution in [0.25, 0.3) is 0 Å². The summed E-state index contributed by atoms with van der Waals surface area (Å²) in [5, 5.41) is -1.27. The molecule has 2 bridgehead atoms. The largest absolute Gasteiger partial charge is 0.366 e. The number of hydrogen-bond donors (Lipinski definition) is 1. The van der Waals surface area contributed by atoms with Gasteiger partial charge in [-0.05, 0) is 12.8 Å². The van der Waals surface area contributed by atoms with Gasteiger partial charge >= 0.3 is 0 Å². The summed E-state index contributed by atoms with van der Waals surface area (Å²) in [6.07, 6.45) is 1.32. The lowest BCUT2D eigenvalue weighted by molar-refractivity contribution is -0.136. The van der Waals surface area contributed by atoms with E-state index in [1.54, 1.807) is 0 Å². The van der Waals surface area contributed by atoms with Gasteiger partial charge in [-0.15, -0.1) is 23.2 Å². The SMILES string of the molecule is NC[C@@]12CC[C@H](O1)[C@@H](Cl)C(=O)[C@H]2Cl. The lowest BCUT2D eigenvalue weighted by Gasteiger charge is -2.37. The maximum absolute atomic E-state index is 11.6. The van der Waals surface area contributed by atoms with Gasteiger partial charge in [-0.2, -0.15) is 0 Å². The van der Waals surface area contributed by atoms with Crippen LogP contribution in [0.15, 0.2) is 0 Å². The predicted octanol–water partition coefficient (Wildman–Crippen LogP) is 0.660. The van der Waals surface area contributed by atoms with Gasteiger partial charge in [0, 0.05) is 6.54 Å². The monoisotopic (exact) mass is 223 g/mol. The Balaban J connectivity index is 2.31. The first-order valence-corrected chi connectivity index (χ1v) is 5.18. The van der Waals surface area contributed by atoms with E-state index in [0.29, 0.717) is 0 Å². The van der Waals surface area contributed by atoms with E-state index in [0.717, 1.165) is 12.8 Å². The lowest BCUT2D eigenvalue weighted by Crippen LogP contribution is -2.56. The molecule has 0 saturated carbocycles. The van der Waals surface area contributed by atoms with Crippen molar-refractivity contribution in [3.63, 3.8) is 0 Å². The summed E-state index contributed by atoms with van der Waals surface area (Å²) in [4.78, 5) is 11.6. The number of ketones is 1. The molecule has 3 nitrogen and oxygen atoms in total. The Kier molecular flexibility index (Phi) is 2.31. The smallest absolute Gasteiger partial charge is 0.174 e. The average molecular weight is 224 g/mol. The molecule has 0 amide bonds. The first-order valence-electron chi connectivity index (χ1n) is 4.30. The van der Waals surface area contributed by atoms with Crippen LogP contribution in [0.5, 0.6) is 0 Å². The van der Waals surface area contributed by atoms with Crippen molar-refractivity contribution in [1.82, 2.24) is 0 Å². The zero-order valence-electron chi connectivity index (χ0n) is 7.00. The highest BCUT2D eigenvalue weighted by Gasteiger charge is 2.56. The summed E-state index contributed by atoms with van der Waals surface area (Å²) in [5.41, 5.74) is 4.92. The molecule has 4 atom stereocenters. The standard InChI is InChI=1S/C8H11Cl2NO2/c9-5-4-1-2-8(3-11,13-4)7(10)6(5)12/h4-5,7H,1-3,11H2/t4-,5+,7+,8+/m0/s1. The molecule has 2 aliphatic heterocycles. The van der Waals surface area contributed by atoms with Gasteiger partial charge in [-0.3, -0.25) is 4.79 Å². The third-order valence-corrected chi connectivity index (χ3v) is 4.00. The van der Waals surface area contributed by atoms with Gasteiger partial charge in [0.05, 0.1) is 6.10 Å². The molecular weight excluding hydrogens is 213 g/mol. The van der Waals surface area contributed by atoms with Crippen molar-refractivity contribution < 1.29 is 9.53 Å². The van der Waals surface area contributed by atoms with E-state index in [1.807, 2.05) is 0 Å². The quantitative estimate of drug-likeness (QED) is 0.665. The number of carbonyl (C=O) groups is 1. The number of Topliss-reactive ketones (excluding diaryl/α,β-unsaturated/α-hetero) is 1. The van der Waals surface area contributed by atoms with Gasteiger partial charge in [0.25, 0.3) is 0 Å². The minimum Gasteiger partial charge on any atom is -0.366 e. The number of halogens is 2. The minimum absolute atomic E-state index is 0.137. The van der Waals surface area contributed by atoms with Gasteiger partial charge in [0.1, 0.15) is 16.4 Å². The number of hydrogen-bond acceptors (Lipinski definition) is 3. The molecule has 13 heavy (non-hydrogen) atoms. The van der Waals surface area contributed by atoms with E-state index in [2.05, 4.69) is 0 Å². The van der Waals surface area contributed by atoms with Crippen molar-refractivity contribution in [2.45, 2.75) is 35.3 Å². The molecule has 2 heterocycles. The van der Waals surface area contributed by atoms with Crippen molar-refractivity contribution in [2.24, 2.45) is 5.73 Å². The molecule has 0 aromatic rings. The maximum Gasteiger partial charge on any atom is 0.174 e. The normalized spacial score (nSPS) is 49.8. The van der Waals surface area contributed by atoms with Crippen LogP contribution in [-0.4, -0.2) is 34.8 Å². The molecule has 74 valence electrons. The zero-order chi connectivity index (χ0) is 9.64. The third kappa shape index (κ3) is 1.22. The van der Waals surface area contributed by atoms with Crippen molar-refractivity contribution in [2.75, 3.05) is 6.54 Å². The van der Waals surface area contributed by atoms with Crippen molar-refractivity contribution in [3.05, 3.63) is 0 Å². The van der Waals surface area contributed by atoms with Crippen LogP contribution >= 0.6 is 23.2 Å². The van der Waals surface area contributed by atoms with Crippen LogP contribution in [0.3, 0.4) is 0 Å². The third-order valence-electron chi connectivity index (χ3n) is 2.89. The molecule has 5 heteroatoms. The molecular formula is C8H11Cl2NO2. The molecule has 0 aliphatic carbocycles. The second kappa shape index (κ2) is 3.09. The summed E-state index contributed by atoms with van der Waals surface area (Å²) in [7, 11) is 0. The fourth-order valence-electron chi connectivity index (χ4n) is 2.03. The van der Waals surface area contributed by atoms with E-state index in [9.17, 15) is 4.79 Å². The molecule has 2 aliphatic rings.